The number of rotatable bonds is 2. The number of aliphatic imine (C=N–C) groups is 1. The second-order valence-corrected chi connectivity index (χ2v) is 0.801. The predicted octanol–water partition coefficient (Wildman–Crippen LogP) is -1.42. The first-order valence-electron chi connectivity index (χ1n) is 1.53. The van der Waals surface area contributed by atoms with Crippen LogP contribution in [-0.4, -0.2) is 29.2 Å². The fourth-order valence-electron chi connectivity index (χ4n) is 0.0999. The third-order valence-corrected chi connectivity index (χ3v) is 0.279. The Morgan fingerprint density at radius 3 is 2.38 bits per heavy atom. The lowest BCUT2D eigenvalue weighted by molar-refractivity contribution is -0.135. The molecule has 0 aliphatic heterocycles. The van der Waals surface area contributed by atoms with E-state index in [1.165, 1.54) is 0 Å². The van der Waals surface area contributed by atoms with Crippen LogP contribution in [0.2, 0.25) is 0 Å². The van der Waals surface area contributed by atoms with Crippen molar-refractivity contribution in [2.45, 2.75) is 0 Å². The van der Waals surface area contributed by atoms with Crippen molar-refractivity contribution in [2.75, 3.05) is 6.54 Å². The van der Waals surface area contributed by atoms with E-state index in [-0.39, 0.29) is 5.48 Å². The quantitative estimate of drug-likeness (QED) is 0.356. The van der Waals surface area contributed by atoms with Crippen molar-refractivity contribution < 1.29 is 20.2 Å². The Morgan fingerprint density at radius 2 is 2.25 bits per heavy atom. The van der Waals surface area contributed by atoms with Crippen LogP contribution in [0, 0.1) is 0 Å². The van der Waals surface area contributed by atoms with E-state index in [1.54, 1.807) is 0 Å². The summed E-state index contributed by atoms with van der Waals surface area (Å²) in [5, 5.41) is 7.77. The van der Waals surface area contributed by atoms with E-state index in [2.05, 4.69) is 4.99 Å². The van der Waals surface area contributed by atoms with Gasteiger partial charge in [-0.2, -0.15) is 4.99 Å². The summed E-state index contributed by atoms with van der Waals surface area (Å²) >= 11 is 0. The van der Waals surface area contributed by atoms with Crippen molar-refractivity contribution in [1.82, 2.24) is 0 Å². The first kappa shape index (κ1) is 9.94. The minimum absolute atomic E-state index is 0. The van der Waals surface area contributed by atoms with Gasteiger partial charge in [0.2, 0.25) is 6.08 Å². The molecular weight excluding hydrogens is 114 g/mol. The minimum atomic E-state index is -1.12. The largest absolute Gasteiger partial charge is 0.480 e. The van der Waals surface area contributed by atoms with Crippen molar-refractivity contribution >= 4 is 12.0 Å². The summed E-state index contributed by atoms with van der Waals surface area (Å²) in [4.78, 5) is 21.4. The second kappa shape index (κ2) is 5.81. The van der Waals surface area contributed by atoms with E-state index in [0.717, 1.165) is 6.08 Å². The second-order valence-electron chi connectivity index (χ2n) is 0.801. The summed E-state index contributed by atoms with van der Waals surface area (Å²) in [6.07, 6.45) is 1.09. The van der Waals surface area contributed by atoms with E-state index in [1.807, 2.05) is 0 Å². The van der Waals surface area contributed by atoms with E-state index in [4.69, 9.17) is 9.90 Å². The summed E-state index contributed by atoms with van der Waals surface area (Å²) < 4.78 is 0. The molecule has 46 valence electrons. The Bertz CT molecular complexity index is 114. The van der Waals surface area contributed by atoms with Gasteiger partial charge in [0, 0.05) is 0 Å². The van der Waals surface area contributed by atoms with E-state index in [0.29, 0.717) is 0 Å². The standard InChI is InChI=1S/C3H3NO3.H2O/c5-2-4-1-3(6)7;/h1H2,(H,6,7);1H2. The molecular formula is C3H5NO4. The van der Waals surface area contributed by atoms with Crippen LogP contribution in [-0.2, 0) is 9.59 Å². The van der Waals surface area contributed by atoms with Crippen molar-refractivity contribution in [3.8, 4) is 0 Å². The fraction of sp³-hybridized carbons (Fsp3) is 0.333. The van der Waals surface area contributed by atoms with Crippen LogP contribution in [0.4, 0.5) is 0 Å². The molecule has 0 fully saturated rings. The highest BCUT2D eigenvalue weighted by Gasteiger charge is 1.87. The van der Waals surface area contributed by atoms with Crippen LogP contribution >= 0.6 is 0 Å². The first-order valence-corrected chi connectivity index (χ1v) is 1.53. The number of carboxylic acid groups (broad SMARTS) is 1. The summed E-state index contributed by atoms with van der Waals surface area (Å²) in [5.41, 5.74) is 0. The van der Waals surface area contributed by atoms with Gasteiger partial charge in [-0.25, -0.2) is 4.79 Å². The van der Waals surface area contributed by atoms with Gasteiger partial charge in [0.15, 0.2) is 0 Å². The lowest BCUT2D eigenvalue weighted by Gasteiger charge is -1.73. The van der Waals surface area contributed by atoms with Crippen molar-refractivity contribution in [2.24, 2.45) is 4.99 Å². The van der Waals surface area contributed by atoms with Gasteiger partial charge >= 0.3 is 5.97 Å². The van der Waals surface area contributed by atoms with Crippen LogP contribution < -0.4 is 0 Å². The molecule has 0 radical (unpaired) electrons. The number of carboxylic acids is 1. The zero-order valence-corrected chi connectivity index (χ0v) is 3.92. The number of aliphatic carboxylic acids is 1. The third kappa shape index (κ3) is 8.84. The highest BCUT2D eigenvalue weighted by Crippen LogP contribution is 1.62. The zero-order valence-electron chi connectivity index (χ0n) is 3.92. The zero-order chi connectivity index (χ0) is 5.70. The Balaban J connectivity index is 0. The highest BCUT2D eigenvalue weighted by molar-refractivity contribution is 5.70. The molecule has 0 aromatic carbocycles. The molecule has 0 saturated carbocycles. The summed E-state index contributed by atoms with van der Waals surface area (Å²) in [7, 11) is 0. The molecule has 8 heavy (non-hydrogen) atoms. The van der Waals surface area contributed by atoms with E-state index < -0.39 is 12.5 Å². The number of carbonyl (C=O) groups excluding carboxylic acids is 1. The maximum absolute atomic E-state index is 9.49. The Labute approximate surface area is 45.0 Å². The molecule has 0 aliphatic carbocycles. The van der Waals surface area contributed by atoms with Gasteiger partial charge in [0.25, 0.3) is 0 Å². The van der Waals surface area contributed by atoms with Crippen molar-refractivity contribution in [3.05, 3.63) is 0 Å². The van der Waals surface area contributed by atoms with Crippen LogP contribution in [0.3, 0.4) is 0 Å². The Morgan fingerprint density at radius 1 is 1.75 bits per heavy atom. The van der Waals surface area contributed by atoms with Gasteiger partial charge < -0.3 is 10.6 Å². The molecule has 5 nitrogen and oxygen atoms in total. The van der Waals surface area contributed by atoms with Crippen LogP contribution in [0.25, 0.3) is 0 Å². The number of isocyanates is 1. The van der Waals surface area contributed by atoms with Gasteiger partial charge in [-0.05, 0) is 0 Å². The monoisotopic (exact) mass is 119 g/mol. The molecule has 0 aromatic rings. The smallest absolute Gasteiger partial charge is 0.326 e. The summed E-state index contributed by atoms with van der Waals surface area (Å²) in [5.74, 6) is -1.12. The molecule has 3 N–H and O–H groups in total. The lowest BCUT2D eigenvalue weighted by atomic mass is 10.7. The van der Waals surface area contributed by atoms with Gasteiger partial charge in [-0.1, -0.05) is 0 Å². The number of carbonyl (C=O) groups is 1. The predicted molar refractivity (Wildman–Crippen MR) is 24.2 cm³/mol. The van der Waals surface area contributed by atoms with Gasteiger partial charge in [-0.15, -0.1) is 0 Å². The van der Waals surface area contributed by atoms with Crippen LogP contribution in [0.1, 0.15) is 0 Å². The maximum Gasteiger partial charge on any atom is 0.326 e. The van der Waals surface area contributed by atoms with E-state index in [9.17, 15) is 4.79 Å². The molecule has 0 unspecified atom stereocenters. The number of nitrogens with zero attached hydrogens (tertiary/aromatic N) is 1. The average molecular weight is 119 g/mol. The molecule has 0 bridgehead atoms. The average Bonchev–Trinajstić information content (AvgIpc) is 1.61. The molecule has 0 saturated heterocycles. The van der Waals surface area contributed by atoms with Gasteiger partial charge in [0.05, 0.1) is 0 Å². The Hall–Kier alpha value is -1.19. The maximum atomic E-state index is 9.49. The molecule has 0 spiro atoms. The molecule has 5 heteroatoms. The highest BCUT2D eigenvalue weighted by atomic mass is 16.4. The molecule has 0 heterocycles. The number of hydrogen-bond acceptors (Lipinski definition) is 3. The first-order chi connectivity index (χ1) is 3.27. The normalized spacial score (nSPS) is 6.00. The fourth-order valence-corrected chi connectivity index (χ4v) is 0.0999. The molecule has 0 aromatic heterocycles. The minimum Gasteiger partial charge on any atom is -0.480 e. The van der Waals surface area contributed by atoms with Gasteiger partial charge in [-0.3, -0.25) is 4.79 Å². The van der Waals surface area contributed by atoms with Crippen LogP contribution in [0.5, 0.6) is 0 Å². The molecule has 0 aliphatic rings. The SMILES string of the molecule is O.O=C=NCC(=O)O. The molecule has 0 rings (SSSR count). The summed E-state index contributed by atoms with van der Waals surface area (Å²) in [6.45, 7) is -0.483. The number of hydrogen-bond donors (Lipinski definition) is 1. The lowest BCUT2D eigenvalue weighted by Crippen LogP contribution is -1.97. The van der Waals surface area contributed by atoms with E-state index >= 15 is 0 Å². The Kier molecular flexibility index (Phi) is 7.22. The summed E-state index contributed by atoms with van der Waals surface area (Å²) in [6, 6.07) is 0. The topological polar surface area (TPSA) is 98.2 Å². The van der Waals surface area contributed by atoms with Crippen molar-refractivity contribution in [3.63, 3.8) is 0 Å². The van der Waals surface area contributed by atoms with Crippen molar-refractivity contribution in [1.29, 1.82) is 0 Å². The van der Waals surface area contributed by atoms with Crippen LogP contribution in [0.15, 0.2) is 4.99 Å². The third-order valence-electron chi connectivity index (χ3n) is 0.279. The molecule has 0 amide bonds. The van der Waals surface area contributed by atoms with Gasteiger partial charge in [0.1, 0.15) is 6.54 Å². The molecule has 0 atom stereocenters.